The van der Waals surface area contributed by atoms with Crippen molar-refractivity contribution in [3.63, 3.8) is 0 Å². The molecule has 0 bridgehead atoms. The molecule has 1 saturated carbocycles. The molecule has 2 aliphatic carbocycles. The van der Waals surface area contributed by atoms with E-state index in [4.69, 9.17) is 23.2 Å². The summed E-state index contributed by atoms with van der Waals surface area (Å²) >= 11 is 12.0. The number of carbonyl (C=O) groups excluding carboxylic acids is 1. The Morgan fingerprint density at radius 3 is 2.47 bits per heavy atom. The van der Waals surface area contributed by atoms with Crippen molar-refractivity contribution in [1.29, 1.82) is 0 Å². The molecule has 1 N–H and O–H groups in total. The van der Waals surface area contributed by atoms with Crippen LogP contribution in [0.25, 0.3) is 0 Å². The molecule has 1 aromatic rings. The molecule has 0 atom stereocenters. The zero-order valence-electron chi connectivity index (χ0n) is 9.22. The molecule has 90 valence electrons. The lowest BCUT2D eigenvalue weighted by molar-refractivity contribution is 0.0827. The maximum absolute atomic E-state index is 12.5. The van der Waals surface area contributed by atoms with Gasteiger partial charge in [-0.3, -0.25) is 4.79 Å². The average Bonchev–Trinajstić information content (AvgIpc) is 2.84. The van der Waals surface area contributed by atoms with Crippen molar-refractivity contribution in [1.82, 2.24) is 0 Å². The van der Waals surface area contributed by atoms with E-state index in [-0.39, 0.29) is 27.0 Å². The van der Waals surface area contributed by atoms with Gasteiger partial charge in [0.2, 0.25) is 0 Å². The largest absolute Gasteiger partial charge is 0.506 e. The van der Waals surface area contributed by atoms with E-state index in [1.54, 1.807) is 6.07 Å². The van der Waals surface area contributed by atoms with Crippen LogP contribution < -0.4 is 0 Å². The number of rotatable bonds is 0. The standard InChI is InChI=1S/C13H12Cl2O2/c14-10-8(16)5-7-6-13(3-1-2-4-13)12(17)9(7)11(10)15/h5,16H,1-4,6H2. The van der Waals surface area contributed by atoms with E-state index in [1.165, 1.54) is 0 Å². The maximum Gasteiger partial charge on any atom is 0.171 e. The third kappa shape index (κ3) is 1.44. The molecule has 0 aromatic heterocycles. The van der Waals surface area contributed by atoms with Crippen molar-refractivity contribution in [2.45, 2.75) is 32.1 Å². The Bertz CT molecular complexity index is 517. The molecule has 2 nitrogen and oxygen atoms in total. The molecule has 1 aromatic carbocycles. The van der Waals surface area contributed by atoms with Crippen molar-refractivity contribution >= 4 is 29.0 Å². The van der Waals surface area contributed by atoms with Gasteiger partial charge in [0.25, 0.3) is 0 Å². The lowest BCUT2D eigenvalue weighted by Gasteiger charge is -2.19. The highest BCUT2D eigenvalue weighted by Crippen LogP contribution is 2.52. The summed E-state index contributed by atoms with van der Waals surface area (Å²) in [5.74, 6) is 0.0927. The molecule has 0 aliphatic heterocycles. The quantitative estimate of drug-likeness (QED) is 0.774. The molecule has 1 fully saturated rings. The smallest absolute Gasteiger partial charge is 0.171 e. The summed E-state index contributed by atoms with van der Waals surface area (Å²) < 4.78 is 0. The van der Waals surface area contributed by atoms with Gasteiger partial charge in [-0.15, -0.1) is 0 Å². The van der Waals surface area contributed by atoms with Crippen LogP contribution in [0.15, 0.2) is 6.07 Å². The number of phenolic OH excluding ortho intramolecular Hbond substituents is 1. The summed E-state index contributed by atoms with van der Waals surface area (Å²) in [5, 5.41) is 9.96. The molecule has 0 amide bonds. The second kappa shape index (κ2) is 3.63. The normalized spacial score (nSPS) is 21.2. The molecule has 0 heterocycles. The van der Waals surface area contributed by atoms with E-state index in [0.29, 0.717) is 12.0 Å². The molecule has 2 aliphatic rings. The number of carbonyl (C=O) groups is 1. The number of benzene rings is 1. The van der Waals surface area contributed by atoms with E-state index in [1.807, 2.05) is 0 Å². The van der Waals surface area contributed by atoms with Crippen LogP contribution in [0.2, 0.25) is 10.0 Å². The van der Waals surface area contributed by atoms with Gasteiger partial charge < -0.3 is 5.11 Å². The van der Waals surface area contributed by atoms with Gasteiger partial charge >= 0.3 is 0 Å². The predicted molar refractivity (Wildman–Crippen MR) is 67.1 cm³/mol. The van der Waals surface area contributed by atoms with Crippen molar-refractivity contribution in [2.75, 3.05) is 0 Å². The molecule has 0 saturated heterocycles. The minimum atomic E-state index is -0.261. The number of halogens is 2. The molecular formula is C13H12Cl2O2. The lowest BCUT2D eigenvalue weighted by Crippen LogP contribution is -2.23. The van der Waals surface area contributed by atoms with Gasteiger partial charge in [0.05, 0.1) is 5.02 Å². The Morgan fingerprint density at radius 1 is 1.18 bits per heavy atom. The summed E-state index contributed by atoms with van der Waals surface area (Å²) in [5.41, 5.74) is 1.13. The van der Waals surface area contributed by atoms with Crippen LogP contribution in [0.4, 0.5) is 0 Å². The zero-order chi connectivity index (χ0) is 12.2. The minimum absolute atomic E-state index is 0.0294. The van der Waals surface area contributed by atoms with Crippen LogP contribution in [-0.2, 0) is 6.42 Å². The minimum Gasteiger partial charge on any atom is -0.506 e. The maximum atomic E-state index is 12.5. The monoisotopic (exact) mass is 270 g/mol. The Balaban J connectivity index is 2.18. The highest BCUT2D eigenvalue weighted by atomic mass is 35.5. The van der Waals surface area contributed by atoms with Crippen molar-refractivity contribution in [2.24, 2.45) is 5.41 Å². The fourth-order valence-electron chi connectivity index (χ4n) is 3.21. The first-order chi connectivity index (χ1) is 8.05. The van der Waals surface area contributed by atoms with Gasteiger partial charge in [-0.25, -0.2) is 0 Å². The molecule has 17 heavy (non-hydrogen) atoms. The average molecular weight is 271 g/mol. The predicted octanol–water partition coefficient (Wildman–Crippen LogP) is 4.00. The zero-order valence-corrected chi connectivity index (χ0v) is 10.7. The summed E-state index contributed by atoms with van der Waals surface area (Å²) in [6.45, 7) is 0. The number of Topliss-reactive ketones (excluding diaryl/α,β-unsaturated/α-hetero) is 1. The second-order valence-electron chi connectivity index (χ2n) is 5.05. The number of fused-ring (bicyclic) bond motifs is 1. The van der Waals surface area contributed by atoms with E-state index >= 15 is 0 Å². The third-order valence-electron chi connectivity index (χ3n) is 4.07. The van der Waals surface area contributed by atoms with Crippen LogP contribution in [0, 0.1) is 5.41 Å². The van der Waals surface area contributed by atoms with Crippen LogP contribution in [0.3, 0.4) is 0 Å². The highest BCUT2D eigenvalue weighted by Gasteiger charge is 2.48. The van der Waals surface area contributed by atoms with Crippen LogP contribution in [0.1, 0.15) is 41.6 Å². The number of hydrogen-bond acceptors (Lipinski definition) is 2. The fourth-order valence-corrected chi connectivity index (χ4v) is 3.67. The Kier molecular flexibility index (Phi) is 2.43. The van der Waals surface area contributed by atoms with Gasteiger partial charge in [0.15, 0.2) is 5.78 Å². The van der Waals surface area contributed by atoms with E-state index in [9.17, 15) is 9.90 Å². The Hall–Kier alpha value is -0.730. The molecule has 4 heteroatoms. The number of hydrogen-bond donors (Lipinski definition) is 1. The SMILES string of the molecule is O=C1c2c(cc(O)c(Cl)c2Cl)CC12CCCC2. The summed E-state index contributed by atoms with van der Waals surface area (Å²) in [7, 11) is 0. The number of aromatic hydroxyl groups is 1. The topological polar surface area (TPSA) is 37.3 Å². The van der Waals surface area contributed by atoms with Crippen molar-refractivity contribution in [3.05, 3.63) is 27.2 Å². The first-order valence-corrected chi connectivity index (χ1v) is 6.55. The van der Waals surface area contributed by atoms with E-state index in [2.05, 4.69) is 0 Å². The van der Waals surface area contributed by atoms with Gasteiger partial charge in [0, 0.05) is 11.0 Å². The van der Waals surface area contributed by atoms with Crippen LogP contribution >= 0.6 is 23.2 Å². The summed E-state index contributed by atoms with van der Waals surface area (Å²) in [6, 6.07) is 1.59. The van der Waals surface area contributed by atoms with Crippen LogP contribution in [0.5, 0.6) is 5.75 Å². The van der Waals surface area contributed by atoms with Crippen molar-refractivity contribution < 1.29 is 9.90 Å². The van der Waals surface area contributed by atoms with Gasteiger partial charge in [0.1, 0.15) is 10.8 Å². The molecule has 3 rings (SSSR count). The van der Waals surface area contributed by atoms with E-state index < -0.39 is 0 Å². The molecule has 0 radical (unpaired) electrons. The Labute approximate surface area is 110 Å². The van der Waals surface area contributed by atoms with Gasteiger partial charge in [-0.2, -0.15) is 0 Å². The van der Waals surface area contributed by atoms with E-state index in [0.717, 1.165) is 31.2 Å². The lowest BCUT2D eigenvalue weighted by atomic mass is 9.82. The highest BCUT2D eigenvalue weighted by molar-refractivity contribution is 6.45. The van der Waals surface area contributed by atoms with Gasteiger partial charge in [-0.05, 0) is 30.9 Å². The van der Waals surface area contributed by atoms with Gasteiger partial charge in [-0.1, -0.05) is 36.0 Å². The summed E-state index contributed by atoms with van der Waals surface area (Å²) in [6.07, 6.45) is 4.74. The molecule has 1 spiro atoms. The second-order valence-corrected chi connectivity index (χ2v) is 5.81. The molecule has 0 unspecified atom stereocenters. The first-order valence-electron chi connectivity index (χ1n) is 5.80. The third-order valence-corrected chi connectivity index (χ3v) is 4.92. The summed E-state index contributed by atoms with van der Waals surface area (Å²) in [4.78, 5) is 12.5. The first kappa shape index (κ1) is 11.4. The molecular weight excluding hydrogens is 259 g/mol. The number of ketones is 1. The fraction of sp³-hybridized carbons (Fsp3) is 0.462. The number of phenols is 1. The van der Waals surface area contributed by atoms with Crippen LogP contribution in [-0.4, -0.2) is 10.9 Å². The van der Waals surface area contributed by atoms with Crippen molar-refractivity contribution in [3.8, 4) is 5.75 Å². The Morgan fingerprint density at radius 2 is 1.82 bits per heavy atom.